The predicted molar refractivity (Wildman–Crippen MR) is 137 cm³/mol. The maximum atomic E-state index is 13.1. The van der Waals surface area contributed by atoms with Gasteiger partial charge in [-0.1, -0.05) is 30.3 Å². The van der Waals surface area contributed by atoms with Crippen LogP contribution >= 0.6 is 11.8 Å². The van der Waals surface area contributed by atoms with Crippen LogP contribution in [0.4, 0.5) is 11.4 Å². The van der Waals surface area contributed by atoms with E-state index in [1.807, 2.05) is 30.3 Å². The van der Waals surface area contributed by atoms with Gasteiger partial charge in [0.2, 0.25) is 5.91 Å². The van der Waals surface area contributed by atoms with E-state index in [9.17, 15) is 19.7 Å². The Kier molecular flexibility index (Phi) is 8.69. The number of anilines is 1. The van der Waals surface area contributed by atoms with Crippen LogP contribution in [0.15, 0.2) is 65.3 Å². The number of nitrogens with one attached hydrogen (secondary N) is 3. The van der Waals surface area contributed by atoms with Crippen molar-refractivity contribution in [2.45, 2.75) is 30.6 Å². The molecule has 0 aliphatic carbocycles. The number of thioether (sulfide) groups is 1. The molecule has 11 heteroatoms. The Bertz CT molecular complexity index is 1180. The topological polar surface area (TPSA) is 139 Å². The molecule has 3 N–H and O–H groups in total. The monoisotopic (exact) mass is 509 g/mol. The number of rotatable bonds is 10. The molecule has 0 bridgehead atoms. The summed E-state index contributed by atoms with van der Waals surface area (Å²) in [5, 5.41) is 19.7. The number of piperidine rings is 1. The quantitative estimate of drug-likeness (QED) is 0.278. The van der Waals surface area contributed by atoms with Gasteiger partial charge in [0.15, 0.2) is 11.6 Å². The summed E-state index contributed by atoms with van der Waals surface area (Å²) in [6.07, 6.45) is 3.27. The van der Waals surface area contributed by atoms with Gasteiger partial charge in [-0.25, -0.2) is 4.98 Å². The minimum atomic E-state index is -0.863. The first-order valence-electron chi connectivity index (χ1n) is 11.6. The van der Waals surface area contributed by atoms with Gasteiger partial charge in [-0.15, -0.1) is 0 Å². The van der Waals surface area contributed by atoms with Crippen LogP contribution in [0.3, 0.4) is 0 Å². The number of carbonyl (C=O) groups excluding carboxylic acids is 2. The van der Waals surface area contributed by atoms with Crippen LogP contribution in [0.25, 0.3) is 0 Å². The molecule has 2 amide bonds. The zero-order valence-electron chi connectivity index (χ0n) is 19.5. The molecule has 36 heavy (non-hydrogen) atoms. The van der Waals surface area contributed by atoms with Crippen molar-refractivity contribution in [1.82, 2.24) is 15.6 Å². The Morgan fingerprint density at radius 1 is 1.19 bits per heavy atom. The average Bonchev–Trinajstić information content (AvgIpc) is 3.40. The van der Waals surface area contributed by atoms with Crippen molar-refractivity contribution in [3.05, 3.63) is 88.1 Å². The van der Waals surface area contributed by atoms with Gasteiger partial charge in [-0.3, -0.25) is 19.7 Å². The van der Waals surface area contributed by atoms with E-state index < -0.39 is 22.8 Å². The van der Waals surface area contributed by atoms with Crippen LogP contribution in [-0.2, 0) is 10.5 Å². The minimum Gasteiger partial charge on any atom is -0.448 e. The second-order valence-corrected chi connectivity index (χ2v) is 9.46. The highest BCUT2D eigenvalue weighted by atomic mass is 32.2. The average molecular weight is 510 g/mol. The molecule has 1 aliphatic heterocycles. The van der Waals surface area contributed by atoms with Crippen molar-refractivity contribution >= 4 is 35.0 Å². The molecule has 2 unspecified atom stereocenters. The predicted octanol–water partition coefficient (Wildman–Crippen LogP) is 3.72. The van der Waals surface area contributed by atoms with E-state index in [-0.39, 0.29) is 17.3 Å². The highest BCUT2D eigenvalue weighted by molar-refractivity contribution is 7.98. The van der Waals surface area contributed by atoms with Crippen molar-refractivity contribution in [3.8, 4) is 0 Å². The second kappa shape index (κ2) is 12.3. The van der Waals surface area contributed by atoms with E-state index in [4.69, 9.17) is 4.42 Å². The van der Waals surface area contributed by atoms with Gasteiger partial charge in [0, 0.05) is 41.8 Å². The number of benzene rings is 2. The summed E-state index contributed by atoms with van der Waals surface area (Å²) in [6, 6.07) is 14.5. The number of oxazole rings is 1. The number of nitro groups is 1. The maximum absolute atomic E-state index is 13.1. The molecule has 1 aliphatic rings. The Morgan fingerprint density at radius 3 is 2.67 bits per heavy atom. The number of amides is 2. The number of nitrogens with zero attached hydrogens (tertiary/aromatic N) is 2. The summed E-state index contributed by atoms with van der Waals surface area (Å²) in [7, 11) is 0. The Balaban J connectivity index is 1.42. The normalized spacial score (nSPS) is 16.2. The van der Waals surface area contributed by atoms with Gasteiger partial charge in [0.25, 0.3) is 11.6 Å². The third-order valence-electron chi connectivity index (χ3n) is 5.76. The highest BCUT2D eigenvalue weighted by Crippen LogP contribution is 2.23. The standard InChI is InChI=1S/C25H27N5O5S/c31-23(21-14-35-25(29-21)18-7-4-12-26-13-18)28-22(16-36-15-17-5-2-1-3-6-17)24(32)27-19-8-10-20(11-9-19)30(33)34/h1-3,5-6,8-11,14,18,22,26H,4,7,12-13,15-16H2,(H,27,32)(H,28,31). The lowest BCUT2D eigenvalue weighted by molar-refractivity contribution is -0.384. The Hall–Kier alpha value is -3.70. The molecule has 0 spiro atoms. The smallest absolute Gasteiger partial charge is 0.273 e. The van der Waals surface area contributed by atoms with Gasteiger partial charge in [0.1, 0.15) is 12.3 Å². The third-order valence-corrected chi connectivity index (χ3v) is 6.87. The van der Waals surface area contributed by atoms with E-state index in [2.05, 4.69) is 20.9 Å². The molecule has 188 valence electrons. The molecule has 0 saturated carbocycles. The highest BCUT2D eigenvalue weighted by Gasteiger charge is 2.26. The lowest BCUT2D eigenvalue weighted by atomic mass is 10.00. The van der Waals surface area contributed by atoms with Crippen molar-refractivity contribution < 1.29 is 18.9 Å². The van der Waals surface area contributed by atoms with E-state index in [0.717, 1.165) is 31.5 Å². The third kappa shape index (κ3) is 6.92. The largest absolute Gasteiger partial charge is 0.448 e. The molecular weight excluding hydrogens is 482 g/mol. The number of carbonyl (C=O) groups is 2. The van der Waals surface area contributed by atoms with Crippen molar-refractivity contribution in [2.75, 3.05) is 24.2 Å². The zero-order chi connectivity index (χ0) is 25.3. The van der Waals surface area contributed by atoms with E-state index in [0.29, 0.717) is 23.1 Å². The van der Waals surface area contributed by atoms with Crippen LogP contribution in [0.2, 0.25) is 0 Å². The van der Waals surface area contributed by atoms with Gasteiger partial charge in [-0.05, 0) is 37.1 Å². The SMILES string of the molecule is O=C(NC(CSCc1ccccc1)C(=O)Nc1ccc([N+](=O)[O-])cc1)c1coc(C2CCCNC2)n1. The fraction of sp³-hybridized carbons (Fsp3) is 0.320. The number of hydrogen-bond donors (Lipinski definition) is 3. The van der Waals surface area contributed by atoms with Crippen LogP contribution < -0.4 is 16.0 Å². The van der Waals surface area contributed by atoms with Crippen LogP contribution in [0.5, 0.6) is 0 Å². The van der Waals surface area contributed by atoms with Crippen LogP contribution in [0, 0.1) is 10.1 Å². The van der Waals surface area contributed by atoms with E-state index >= 15 is 0 Å². The fourth-order valence-electron chi connectivity index (χ4n) is 3.82. The summed E-state index contributed by atoms with van der Waals surface area (Å²) in [5.74, 6) is 0.675. The molecule has 3 aromatic rings. The molecule has 2 heterocycles. The lowest BCUT2D eigenvalue weighted by Gasteiger charge is -2.19. The molecule has 2 atom stereocenters. The molecule has 4 rings (SSSR count). The first kappa shape index (κ1) is 25.4. The van der Waals surface area contributed by atoms with E-state index in [1.54, 1.807) is 0 Å². The number of non-ortho nitro benzene ring substituents is 1. The molecule has 2 aromatic carbocycles. The van der Waals surface area contributed by atoms with Gasteiger partial charge in [-0.2, -0.15) is 11.8 Å². The number of nitro benzene ring substituents is 1. The molecule has 1 saturated heterocycles. The van der Waals surface area contributed by atoms with Crippen LogP contribution in [0.1, 0.15) is 40.7 Å². The van der Waals surface area contributed by atoms with Crippen molar-refractivity contribution in [3.63, 3.8) is 0 Å². The maximum Gasteiger partial charge on any atom is 0.273 e. The number of aromatic nitrogens is 1. The lowest BCUT2D eigenvalue weighted by Crippen LogP contribution is -2.45. The van der Waals surface area contributed by atoms with Gasteiger partial charge in [0.05, 0.1) is 4.92 Å². The first-order chi connectivity index (χ1) is 17.5. The molecular formula is C25H27N5O5S. The second-order valence-electron chi connectivity index (χ2n) is 8.43. The van der Waals surface area contributed by atoms with Gasteiger partial charge >= 0.3 is 0 Å². The summed E-state index contributed by atoms with van der Waals surface area (Å²) < 4.78 is 5.56. The van der Waals surface area contributed by atoms with Crippen molar-refractivity contribution in [2.24, 2.45) is 0 Å². The number of hydrogen-bond acceptors (Lipinski definition) is 8. The summed E-state index contributed by atoms with van der Waals surface area (Å²) in [5.41, 5.74) is 1.54. The zero-order valence-corrected chi connectivity index (χ0v) is 20.3. The minimum absolute atomic E-state index is 0.0775. The Morgan fingerprint density at radius 2 is 1.97 bits per heavy atom. The molecule has 1 fully saturated rings. The van der Waals surface area contributed by atoms with E-state index in [1.165, 1.54) is 42.3 Å². The molecule has 1 aromatic heterocycles. The Labute approximate surface area is 212 Å². The fourth-order valence-corrected chi connectivity index (χ4v) is 4.84. The van der Waals surface area contributed by atoms with Crippen LogP contribution in [-0.4, -0.2) is 46.6 Å². The van der Waals surface area contributed by atoms with Crippen molar-refractivity contribution in [1.29, 1.82) is 0 Å². The molecule has 10 nitrogen and oxygen atoms in total. The summed E-state index contributed by atoms with van der Waals surface area (Å²) in [4.78, 5) is 40.8. The first-order valence-corrected chi connectivity index (χ1v) is 12.8. The molecule has 0 radical (unpaired) electrons. The summed E-state index contributed by atoms with van der Waals surface area (Å²) in [6.45, 7) is 1.70. The summed E-state index contributed by atoms with van der Waals surface area (Å²) >= 11 is 1.51. The van der Waals surface area contributed by atoms with Gasteiger partial charge < -0.3 is 20.4 Å².